The van der Waals surface area contributed by atoms with Gasteiger partial charge in [-0.15, -0.1) is 0 Å². The lowest BCUT2D eigenvalue weighted by Gasteiger charge is -2.32. The summed E-state index contributed by atoms with van der Waals surface area (Å²) in [6.07, 6.45) is 1.72. The topological polar surface area (TPSA) is 50.2 Å². The average molecular weight is 429 g/mol. The van der Waals surface area contributed by atoms with E-state index in [2.05, 4.69) is 16.0 Å². The van der Waals surface area contributed by atoms with Crippen LogP contribution in [0.3, 0.4) is 0 Å². The molecule has 1 aliphatic heterocycles. The standard InChI is InChI=1S/C26H25FN4O/c27-21-12-10-19(11-13-21)18-31-24-9-5-4-8-23(24)29-26(31)28-22-14-16-30(17-15-22)25(32)20-6-2-1-3-7-20/h1-13,22H,14-18H2,(H,28,29). The number of carbonyl (C=O) groups excluding carboxylic acids is 1. The molecular formula is C26H25FN4O. The van der Waals surface area contributed by atoms with Gasteiger partial charge in [-0.3, -0.25) is 4.79 Å². The third-order valence-corrected chi connectivity index (χ3v) is 6.04. The maximum atomic E-state index is 13.3. The number of carbonyl (C=O) groups is 1. The van der Waals surface area contributed by atoms with Gasteiger partial charge in [0, 0.05) is 24.7 Å². The minimum atomic E-state index is -0.237. The second kappa shape index (κ2) is 8.83. The zero-order valence-electron chi connectivity index (χ0n) is 17.7. The van der Waals surface area contributed by atoms with E-state index in [-0.39, 0.29) is 17.8 Å². The third kappa shape index (κ3) is 4.21. The van der Waals surface area contributed by atoms with E-state index in [4.69, 9.17) is 4.98 Å². The highest BCUT2D eigenvalue weighted by atomic mass is 19.1. The number of hydrogen-bond donors (Lipinski definition) is 1. The van der Waals surface area contributed by atoms with Crippen LogP contribution in [-0.2, 0) is 6.54 Å². The number of rotatable bonds is 5. The van der Waals surface area contributed by atoms with Crippen molar-refractivity contribution in [1.29, 1.82) is 0 Å². The number of piperidine rings is 1. The molecule has 1 aromatic heterocycles. The van der Waals surface area contributed by atoms with Gasteiger partial charge in [0.25, 0.3) is 5.91 Å². The van der Waals surface area contributed by atoms with Crippen LogP contribution >= 0.6 is 0 Å². The van der Waals surface area contributed by atoms with Crippen molar-refractivity contribution in [1.82, 2.24) is 14.5 Å². The molecule has 0 bridgehead atoms. The predicted molar refractivity (Wildman–Crippen MR) is 124 cm³/mol. The SMILES string of the molecule is O=C(c1ccccc1)N1CCC(Nc2nc3ccccc3n2Cc2ccc(F)cc2)CC1. The number of aromatic nitrogens is 2. The molecule has 162 valence electrons. The van der Waals surface area contributed by atoms with Crippen LogP contribution in [0, 0.1) is 5.82 Å². The molecule has 1 amide bonds. The number of nitrogens with zero attached hydrogens (tertiary/aromatic N) is 3. The summed E-state index contributed by atoms with van der Waals surface area (Å²) < 4.78 is 15.5. The fourth-order valence-electron chi connectivity index (χ4n) is 4.29. The van der Waals surface area contributed by atoms with E-state index in [0.717, 1.165) is 41.0 Å². The first-order valence-corrected chi connectivity index (χ1v) is 11.0. The monoisotopic (exact) mass is 428 g/mol. The van der Waals surface area contributed by atoms with Gasteiger partial charge in [0.05, 0.1) is 17.6 Å². The molecule has 1 N–H and O–H groups in total. The zero-order chi connectivity index (χ0) is 21.9. The molecule has 5 nitrogen and oxygen atoms in total. The van der Waals surface area contributed by atoms with Crippen LogP contribution in [0.2, 0.25) is 0 Å². The van der Waals surface area contributed by atoms with Gasteiger partial charge in [0.2, 0.25) is 5.95 Å². The third-order valence-electron chi connectivity index (χ3n) is 6.04. The number of benzene rings is 3. The average Bonchev–Trinajstić information content (AvgIpc) is 3.18. The molecule has 5 rings (SSSR count). The van der Waals surface area contributed by atoms with E-state index >= 15 is 0 Å². The molecule has 0 saturated carbocycles. The van der Waals surface area contributed by atoms with Gasteiger partial charge in [-0.25, -0.2) is 9.37 Å². The number of para-hydroxylation sites is 2. The summed E-state index contributed by atoms with van der Waals surface area (Å²) in [6, 6.07) is 24.3. The summed E-state index contributed by atoms with van der Waals surface area (Å²) in [7, 11) is 0. The summed E-state index contributed by atoms with van der Waals surface area (Å²) in [5, 5.41) is 3.61. The predicted octanol–water partition coefficient (Wildman–Crippen LogP) is 4.94. The minimum Gasteiger partial charge on any atom is -0.353 e. The summed E-state index contributed by atoms with van der Waals surface area (Å²) >= 11 is 0. The molecule has 32 heavy (non-hydrogen) atoms. The van der Waals surface area contributed by atoms with E-state index in [1.54, 1.807) is 0 Å². The van der Waals surface area contributed by atoms with Gasteiger partial charge >= 0.3 is 0 Å². The van der Waals surface area contributed by atoms with E-state index in [9.17, 15) is 9.18 Å². The first kappa shape index (κ1) is 20.2. The highest BCUT2D eigenvalue weighted by Gasteiger charge is 2.25. The van der Waals surface area contributed by atoms with E-state index in [1.165, 1.54) is 12.1 Å². The van der Waals surface area contributed by atoms with E-state index in [0.29, 0.717) is 19.6 Å². The molecule has 1 aliphatic rings. The number of hydrogen-bond acceptors (Lipinski definition) is 3. The number of imidazole rings is 1. The van der Waals surface area contributed by atoms with Crippen molar-refractivity contribution in [3.63, 3.8) is 0 Å². The minimum absolute atomic E-state index is 0.0904. The maximum absolute atomic E-state index is 13.3. The lowest BCUT2D eigenvalue weighted by atomic mass is 10.0. The number of fused-ring (bicyclic) bond motifs is 1. The summed E-state index contributed by atoms with van der Waals surface area (Å²) in [5.41, 5.74) is 3.71. The lowest BCUT2D eigenvalue weighted by Crippen LogP contribution is -2.42. The Hall–Kier alpha value is -3.67. The van der Waals surface area contributed by atoms with E-state index < -0.39 is 0 Å². The highest BCUT2D eigenvalue weighted by molar-refractivity contribution is 5.94. The van der Waals surface area contributed by atoms with Crippen molar-refractivity contribution in [2.75, 3.05) is 18.4 Å². The van der Waals surface area contributed by atoms with Crippen LogP contribution < -0.4 is 5.32 Å². The lowest BCUT2D eigenvalue weighted by molar-refractivity contribution is 0.0718. The van der Waals surface area contributed by atoms with Crippen molar-refractivity contribution in [2.24, 2.45) is 0 Å². The molecule has 1 fully saturated rings. The molecular weight excluding hydrogens is 403 g/mol. The Balaban J connectivity index is 1.31. The van der Waals surface area contributed by atoms with Crippen molar-refractivity contribution in [3.05, 3.63) is 95.8 Å². The van der Waals surface area contributed by atoms with Gasteiger partial charge in [0.15, 0.2) is 0 Å². The van der Waals surface area contributed by atoms with Gasteiger partial charge in [-0.1, -0.05) is 42.5 Å². The van der Waals surface area contributed by atoms with Crippen LogP contribution in [0.1, 0.15) is 28.8 Å². The zero-order valence-corrected chi connectivity index (χ0v) is 17.7. The largest absolute Gasteiger partial charge is 0.353 e. The Kier molecular flexibility index (Phi) is 5.58. The van der Waals surface area contributed by atoms with E-state index in [1.807, 2.05) is 65.6 Å². The molecule has 0 spiro atoms. The van der Waals surface area contributed by atoms with Crippen molar-refractivity contribution >= 4 is 22.9 Å². The second-order valence-corrected chi connectivity index (χ2v) is 8.21. The van der Waals surface area contributed by atoms with Crippen LogP contribution in [0.5, 0.6) is 0 Å². The quantitative estimate of drug-likeness (QED) is 0.490. The molecule has 1 saturated heterocycles. The van der Waals surface area contributed by atoms with Crippen molar-refractivity contribution in [2.45, 2.75) is 25.4 Å². The number of amides is 1. The van der Waals surface area contributed by atoms with Gasteiger partial charge in [-0.05, 0) is 54.8 Å². The fraction of sp³-hybridized carbons (Fsp3) is 0.231. The van der Waals surface area contributed by atoms with Crippen molar-refractivity contribution < 1.29 is 9.18 Å². The molecule has 2 heterocycles. The maximum Gasteiger partial charge on any atom is 0.253 e. The Morgan fingerprint density at radius 2 is 1.62 bits per heavy atom. The molecule has 3 aromatic carbocycles. The molecule has 4 aromatic rings. The van der Waals surface area contributed by atoms with Crippen molar-refractivity contribution in [3.8, 4) is 0 Å². The molecule has 6 heteroatoms. The number of halogens is 1. The first-order chi connectivity index (χ1) is 15.7. The highest BCUT2D eigenvalue weighted by Crippen LogP contribution is 2.24. The summed E-state index contributed by atoms with van der Waals surface area (Å²) in [5.74, 6) is 0.662. The summed E-state index contributed by atoms with van der Waals surface area (Å²) in [6.45, 7) is 2.03. The Morgan fingerprint density at radius 3 is 2.38 bits per heavy atom. The number of likely N-dealkylation sites (tertiary alicyclic amines) is 1. The van der Waals surface area contributed by atoms with Gasteiger partial charge in [-0.2, -0.15) is 0 Å². The Bertz CT molecular complexity index is 1210. The van der Waals surface area contributed by atoms with Gasteiger partial charge < -0.3 is 14.8 Å². The second-order valence-electron chi connectivity index (χ2n) is 8.21. The normalized spacial score (nSPS) is 14.6. The fourth-order valence-corrected chi connectivity index (χ4v) is 4.29. The van der Waals surface area contributed by atoms with Crippen LogP contribution in [0.25, 0.3) is 11.0 Å². The number of nitrogens with one attached hydrogen (secondary N) is 1. The Labute approximate surface area is 186 Å². The molecule has 0 unspecified atom stereocenters. The molecule has 0 aliphatic carbocycles. The number of anilines is 1. The molecule has 0 atom stereocenters. The first-order valence-electron chi connectivity index (χ1n) is 11.0. The van der Waals surface area contributed by atoms with Crippen LogP contribution in [0.15, 0.2) is 78.9 Å². The van der Waals surface area contributed by atoms with Gasteiger partial charge in [0.1, 0.15) is 5.82 Å². The van der Waals surface area contributed by atoms with Crippen LogP contribution in [0.4, 0.5) is 10.3 Å². The Morgan fingerprint density at radius 1 is 0.938 bits per heavy atom. The summed E-state index contributed by atoms with van der Waals surface area (Å²) in [4.78, 5) is 19.5. The smallest absolute Gasteiger partial charge is 0.253 e. The molecule has 0 radical (unpaired) electrons. The van der Waals surface area contributed by atoms with Crippen LogP contribution in [-0.4, -0.2) is 39.5 Å².